The van der Waals surface area contributed by atoms with E-state index in [0.717, 1.165) is 11.3 Å². The van der Waals surface area contributed by atoms with Crippen LogP contribution in [0, 0.1) is 5.92 Å². The minimum absolute atomic E-state index is 0.111. The van der Waals surface area contributed by atoms with Gasteiger partial charge in [0.15, 0.2) is 0 Å². The highest BCUT2D eigenvalue weighted by atomic mass is 35.5. The van der Waals surface area contributed by atoms with Crippen molar-refractivity contribution in [1.82, 2.24) is 14.5 Å². The number of carbonyl (C=O) groups is 1. The molecule has 1 aliphatic heterocycles. The molecule has 1 atom stereocenters. The Bertz CT molecular complexity index is 1280. The zero-order chi connectivity index (χ0) is 24.3. The van der Waals surface area contributed by atoms with Crippen LogP contribution in [-0.2, 0) is 20.6 Å². The molecule has 1 aliphatic rings. The maximum atomic E-state index is 13.0. The second-order valence-electron chi connectivity index (χ2n) is 7.83. The van der Waals surface area contributed by atoms with E-state index in [-0.39, 0.29) is 18.2 Å². The molecule has 1 N–H and O–H groups in total. The lowest BCUT2D eigenvalue weighted by atomic mass is 9.99. The summed E-state index contributed by atoms with van der Waals surface area (Å²) in [5.41, 5.74) is 1.40. The van der Waals surface area contributed by atoms with Gasteiger partial charge < -0.3 is 10.1 Å². The van der Waals surface area contributed by atoms with Crippen molar-refractivity contribution in [3.63, 3.8) is 0 Å². The van der Waals surface area contributed by atoms with Gasteiger partial charge in [-0.25, -0.2) is 12.7 Å². The fourth-order valence-corrected chi connectivity index (χ4v) is 6.34. The van der Waals surface area contributed by atoms with Crippen LogP contribution in [0.1, 0.15) is 18.4 Å². The van der Waals surface area contributed by atoms with Gasteiger partial charge in [0.2, 0.25) is 21.1 Å². The van der Waals surface area contributed by atoms with Gasteiger partial charge in [-0.2, -0.15) is 0 Å². The van der Waals surface area contributed by atoms with Crippen LogP contribution in [0.3, 0.4) is 0 Å². The highest BCUT2D eigenvalue weighted by Gasteiger charge is 2.33. The van der Waals surface area contributed by atoms with Crippen LogP contribution in [-0.4, -0.2) is 49.0 Å². The van der Waals surface area contributed by atoms with E-state index in [1.807, 2.05) is 24.3 Å². The number of hydrogen-bond acceptors (Lipinski definition) is 7. The normalized spacial score (nSPS) is 16.9. The van der Waals surface area contributed by atoms with Crippen molar-refractivity contribution in [3.8, 4) is 16.3 Å². The zero-order valence-electron chi connectivity index (χ0n) is 18.2. The van der Waals surface area contributed by atoms with Crippen molar-refractivity contribution < 1.29 is 17.9 Å². The first-order valence-corrected chi connectivity index (χ1v) is 13.6. The lowest BCUT2D eigenvalue weighted by molar-refractivity contribution is -0.120. The Morgan fingerprint density at radius 3 is 2.65 bits per heavy atom. The summed E-state index contributed by atoms with van der Waals surface area (Å²) in [7, 11) is -2.03. The van der Waals surface area contributed by atoms with E-state index < -0.39 is 15.9 Å². The number of nitrogens with one attached hydrogen (secondary N) is 1. The number of aromatic nitrogens is 2. The fraction of sp³-hybridized carbons (Fsp3) is 0.318. The molecule has 0 unspecified atom stereocenters. The minimum atomic E-state index is -3.63. The third-order valence-electron chi connectivity index (χ3n) is 5.47. The van der Waals surface area contributed by atoms with Crippen molar-refractivity contribution in [2.24, 2.45) is 5.92 Å². The second-order valence-corrected chi connectivity index (χ2v) is 11.6. The standard InChI is InChI=1S/C22H22Cl2N4O4S2/c1-32-17-7-5-15(6-8-17)21-26-27-22(33-21)25-20(29)16-3-2-10-28(12-16)34(30,31)13-14-4-9-18(23)19(24)11-14/h4-9,11,16H,2-3,10,12-13H2,1H3,(H,25,27,29)/t16-/m0/s1. The summed E-state index contributed by atoms with van der Waals surface area (Å²) in [5.74, 6) is -0.227. The van der Waals surface area contributed by atoms with Crippen LogP contribution >= 0.6 is 34.5 Å². The molecule has 1 saturated heterocycles. The van der Waals surface area contributed by atoms with E-state index in [1.54, 1.807) is 25.3 Å². The molecule has 0 saturated carbocycles. The van der Waals surface area contributed by atoms with Gasteiger partial charge in [-0.15, -0.1) is 10.2 Å². The summed E-state index contributed by atoms with van der Waals surface area (Å²) >= 11 is 13.2. The van der Waals surface area contributed by atoms with Crippen LogP contribution < -0.4 is 10.1 Å². The number of ether oxygens (including phenoxy) is 1. The third kappa shape index (κ3) is 5.87. The van der Waals surface area contributed by atoms with Crippen molar-refractivity contribution in [2.45, 2.75) is 18.6 Å². The number of piperidine rings is 1. The molecular weight excluding hydrogens is 519 g/mol. The number of rotatable bonds is 7. The molecule has 2 aromatic carbocycles. The molecule has 12 heteroatoms. The Morgan fingerprint density at radius 1 is 1.18 bits per heavy atom. The number of methoxy groups -OCH3 is 1. The molecule has 0 spiro atoms. The average molecular weight is 541 g/mol. The second kappa shape index (κ2) is 10.6. The maximum absolute atomic E-state index is 13.0. The summed E-state index contributed by atoms with van der Waals surface area (Å²) in [6.07, 6.45) is 1.18. The predicted octanol–water partition coefficient (Wildman–Crippen LogP) is 4.70. The quantitative estimate of drug-likeness (QED) is 0.465. The van der Waals surface area contributed by atoms with Crippen LogP contribution in [0.4, 0.5) is 5.13 Å². The molecule has 1 amide bonds. The van der Waals surface area contributed by atoms with Gasteiger partial charge in [0.1, 0.15) is 10.8 Å². The van der Waals surface area contributed by atoms with Crippen LogP contribution in [0.2, 0.25) is 10.0 Å². The van der Waals surface area contributed by atoms with Crippen LogP contribution in [0.15, 0.2) is 42.5 Å². The predicted molar refractivity (Wildman–Crippen MR) is 134 cm³/mol. The average Bonchev–Trinajstić information content (AvgIpc) is 3.30. The molecule has 2 heterocycles. The van der Waals surface area contributed by atoms with E-state index >= 15 is 0 Å². The third-order valence-corrected chi connectivity index (χ3v) is 8.92. The molecule has 3 aromatic rings. The number of hydrogen-bond donors (Lipinski definition) is 1. The minimum Gasteiger partial charge on any atom is -0.497 e. The number of amides is 1. The Labute approximate surface area is 211 Å². The van der Waals surface area contributed by atoms with E-state index in [1.165, 1.54) is 15.6 Å². The SMILES string of the molecule is COc1ccc(-c2nnc(NC(=O)[C@H]3CCCN(S(=O)(=O)Cc4ccc(Cl)c(Cl)c4)C3)s2)cc1. The Kier molecular flexibility index (Phi) is 7.73. The smallest absolute Gasteiger partial charge is 0.230 e. The Morgan fingerprint density at radius 2 is 1.94 bits per heavy atom. The lowest BCUT2D eigenvalue weighted by Gasteiger charge is -2.31. The monoisotopic (exact) mass is 540 g/mol. The topological polar surface area (TPSA) is 101 Å². The number of halogens is 2. The van der Waals surface area contributed by atoms with E-state index in [2.05, 4.69) is 15.5 Å². The molecule has 180 valence electrons. The van der Waals surface area contributed by atoms with E-state index in [0.29, 0.717) is 45.1 Å². The number of sulfonamides is 1. The largest absolute Gasteiger partial charge is 0.497 e. The highest BCUT2D eigenvalue weighted by Crippen LogP contribution is 2.29. The molecule has 0 radical (unpaired) electrons. The summed E-state index contributed by atoms with van der Waals surface area (Å²) in [6, 6.07) is 12.1. The molecule has 34 heavy (non-hydrogen) atoms. The molecule has 4 rings (SSSR count). The molecular formula is C22H22Cl2N4O4S2. The van der Waals surface area contributed by atoms with Gasteiger partial charge in [0, 0.05) is 18.7 Å². The van der Waals surface area contributed by atoms with Gasteiger partial charge in [0.25, 0.3) is 0 Å². The molecule has 0 aliphatic carbocycles. The summed E-state index contributed by atoms with van der Waals surface area (Å²) in [5, 5.41) is 12.7. The number of nitrogens with zero attached hydrogens (tertiary/aromatic N) is 3. The number of benzene rings is 2. The highest BCUT2D eigenvalue weighted by molar-refractivity contribution is 7.88. The first-order chi connectivity index (χ1) is 16.2. The summed E-state index contributed by atoms with van der Waals surface area (Å²) in [4.78, 5) is 12.9. The maximum Gasteiger partial charge on any atom is 0.230 e. The van der Waals surface area contributed by atoms with Gasteiger partial charge in [0.05, 0.1) is 28.8 Å². The number of carbonyl (C=O) groups excluding carboxylic acids is 1. The Balaban J connectivity index is 1.39. The molecule has 0 bridgehead atoms. The zero-order valence-corrected chi connectivity index (χ0v) is 21.3. The lowest BCUT2D eigenvalue weighted by Crippen LogP contribution is -2.44. The molecule has 1 fully saturated rings. The number of anilines is 1. The van der Waals surface area contributed by atoms with Gasteiger partial charge in [-0.1, -0.05) is 40.6 Å². The fourth-order valence-electron chi connectivity index (χ4n) is 3.67. The van der Waals surface area contributed by atoms with Gasteiger partial charge >= 0.3 is 0 Å². The molecule has 8 nitrogen and oxygen atoms in total. The first kappa shape index (κ1) is 24.9. The van der Waals surface area contributed by atoms with E-state index in [9.17, 15) is 13.2 Å². The first-order valence-electron chi connectivity index (χ1n) is 10.5. The molecule has 1 aromatic heterocycles. The van der Waals surface area contributed by atoms with Crippen molar-refractivity contribution >= 4 is 55.6 Å². The van der Waals surface area contributed by atoms with Crippen molar-refractivity contribution in [1.29, 1.82) is 0 Å². The van der Waals surface area contributed by atoms with Gasteiger partial charge in [-0.05, 0) is 54.8 Å². The van der Waals surface area contributed by atoms with Crippen LogP contribution in [0.5, 0.6) is 5.75 Å². The summed E-state index contributed by atoms with van der Waals surface area (Å²) in [6.45, 7) is 0.480. The van der Waals surface area contributed by atoms with Gasteiger partial charge in [-0.3, -0.25) is 4.79 Å². The van der Waals surface area contributed by atoms with E-state index in [4.69, 9.17) is 27.9 Å². The van der Waals surface area contributed by atoms with Crippen molar-refractivity contribution in [3.05, 3.63) is 58.1 Å². The Hall–Kier alpha value is -2.24. The summed E-state index contributed by atoms with van der Waals surface area (Å²) < 4.78 is 32.5. The van der Waals surface area contributed by atoms with Crippen LogP contribution in [0.25, 0.3) is 10.6 Å². The van der Waals surface area contributed by atoms with Crippen molar-refractivity contribution in [2.75, 3.05) is 25.5 Å².